The van der Waals surface area contributed by atoms with E-state index in [4.69, 9.17) is 9.84 Å². The van der Waals surface area contributed by atoms with Crippen molar-refractivity contribution in [1.29, 1.82) is 0 Å². The van der Waals surface area contributed by atoms with Crippen LogP contribution < -0.4 is 0 Å². The van der Waals surface area contributed by atoms with E-state index in [1.807, 2.05) is 0 Å². The number of carboxylic acids is 1. The van der Waals surface area contributed by atoms with E-state index < -0.39 is 5.97 Å². The van der Waals surface area contributed by atoms with Crippen molar-refractivity contribution >= 4 is 11.9 Å². The maximum Gasteiger partial charge on any atom is 0.335 e. The molecule has 1 heterocycles. The average molecular weight is 277 g/mol. The number of rotatable bonds is 4. The Bertz CT molecular complexity index is 477. The highest BCUT2D eigenvalue weighted by Gasteiger charge is 2.24. The number of benzene rings is 1. The number of carbonyl (C=O) groups is 2. The molecule has 1 aromatic carbocycles. The Kier molecular flexibility index (Phi) is 4.74. The summed E-state index contributed by atoms with van der Waals surface area (Å²) in [5.41, 5.74) is 1.17. The summed E-state index contributed by atoms with van der Waals surface area (Å²) in [5, 5.41) is 8.84. The van der Waals surface area contributed by atoms with Gasteiger partial charge in [0.05, 0.1) is 18.1 Å². The van der Waals surface area contributed by atoms with Gasteiger partial charge in [0.15, 0.2) is 0 Å². The lowest BCUT2D eigenvalue weighted by Gasteiger charge is -2.26. The summed E-state index contributed by atoms with van der Waals surface area (Å²) in [5.74, 6) is -0.903. The second-order valence-electron chi connectivity index (χ2n) is 5.11. The number of ether oxygens (including phenoxy) is 1. The molecule has 20 heavy (non-hydrogen) atoms. The van der Waals surface area contributed by atoms with Crippen LogP contribution in [0, 0.1) is 5.92 Å². The highest BCUT2D eigenvalue weighted by molar-refractivity contribution is 5.87. The van der Waals surface area contributed by atoms with Gasteiger partial charge >= 0.3 is 5.97 Å². The highest BCUT2D eigenvalue weighted by Crippen LogP contribution is 2.17. The van der Waals surface area contributed by atoms with Crippen molar-refractivity contribution in [3.05, 3.63) is 35.4 Å². The van der Waals surface area contributed by atoms with Crippen LogP contribution in [0.3, 0.4) is 0 Å². The third-order valence-corrected chi connectivity index (χ3v) is 3.51. The first-order chi connectivity index (χ1) is 9.58. The van der Waals surface area contributed by atoms with E-state index in [-0.39, 0.29) is 17.4 Å². The van der Waals surface area contributed by atoms with Crippen molar-refractivity contribution in [2.75, 3.05) is 20.3 Å². The zero-order chi connectivity index (χ0) is 14.5. The van der Waals surface area contributed by atoms with Crippen LogP contribution in [0.2, 0.25) is 0 Å². The van der Waals surface area contributed by atoms with Crippen molar-refractivity contribution < 1.29 is 19.4 Å². The number of hydrogen-bond acceptors (Lipinski definition) is 3. The Balaban J connectivity index is 1.94. The molecule has 2 rings (SSSR count). The van der Waals surface area contributed by atoms with E-state index in [2.05, 4.69) is 0 Å². The van der Waals surface area contributed by atoms with Crippen LogP contribution in [0.1, 0.15) is 28.8 Å². The van der Waals surface area contributed by atoms with Gasteiger partial charge in [0.25, 0.3) is 0 Å². The van der Waals surface area contributed by atoms with Crippen molar-refractivity contribution in [1.82, 2.24) is 4.90 Å². The monoisotopic (exact) mass is 277 g/mol. The molecule has 5 heteroatoms. The van der Waals surface area contributed by atoms with Crippen LogP contribution >= 0.6 is 0 Å². The lowest BCUT2D eigenvalue weighted by molar-refractivity contribution is -0.138. The average Bonchev–Trinajstić information content (AvgIpc) is 2.48. The maximum absolute atomic E-state index is 12.2. The van der Waals surface area contributed by atoms with Gasteiger partial charge in [0.1, 0.15) is 0 Å². The molecular formula is C15H19NO4. The number of nitrogens with zero attached hydrogens (tertiary/aromatic N) is 1. The third-order valence-electron chi connectivity index (χ3n) is 3.51. The van der Waals surface area contributed by atoms with Gasteiger partial charge in [-0.05, 0) is 30.5 Å². The largest absolute Gasteiger partial charge is 0.478 e. The Morgan fingerprint density at radius 2 is 2.05 bits per heavy atom. The number of aromatic carboxylic acids is 1. The summed E-state index contributed by atoms with van der Waals surface area (Å²) in [6.07, 6.45) is 1.80. The van der Waals surface area contributed by atoms with Crippen LogP contribution in [-0.2, 0) is 16.1 Å². The molecule has 0 saturated carbocycles. The first-order valence-electron chi connectivity index (χ1n) is 6.73. The van der Waals surface area contributed by atoms with Gasteiger partial charge in [0, 0.05) is 20.2 Å². The highest BCUT2D eigenvalue weighted by atomic mass is 16.5. The van der Waals surface area contributed by atoms with E-state index in [0.717, 1.165) is 25.0 Å². The van der Waals surface area contributed by atoms with Gasteiger partial charge in [-0.2, -0.15) is 0 Å². The smallest absolute Gasteiger partial charge is 0.335 e. The Labute approximate surface area is 118 Å². The quantitative estimate of drug-likeness (QED) is 0.910. The Morgan fingerprint density at radius 3 is 2.60 bits per heavy atom. The van der Waals surface area contributed by atoms with Gasteiger partial charge in [0.2, 0.25) is 5.91 Å². The SMILES string of the molecule is CN(Cc1ccc(C(=O)O)cc1)C(=O)[C@H]1CCCOC1. The molecule has 1 atom stereocenters. The molecule has 5 nitrogen and oxygen atoms in total. The van der Waals surface area contributed by atoms with E-state index >= 15 is 0 Å². The molecule has 0 aromatic heterocycles. The summed E-state index contributed by atoms with van der Waals surface area (Å²) < 4.78 is 5.33. The lowest BCUT2D eigenvalue weighted by atomic mass is 10.0. The van der Waals surface area contributed by atoms with E-state index in [9.17, 15) is 9.59 Å². The van der Waals surface area contributed by atoms with Crippen molar-refractivity contribution in [2.45, 2.75) is 19.4 Å². The summed E-state index contributed by atoms with van der Waals surface area (Å²) in [4.78, 5) is 24.7. The second kappa shape index (κ2) is 6.52. The van der Waals surface area contributed by atoms with Crippen LogP contribution in [0.5, 0.6) is 0 Å². The molecule has 1 N–H and O–H groups in total. The normalized spacial score (nSPS) is 18.6. The fourth-order valence-corrected chi connectivity index (χ4v) is 2.35. The molecule has 1 saturated heterocycles. The fraction of sp³-hybridized carbons (Fsp3) is 0.467. The molecule has 0 unspecified atom stereocenters. The summed E-state index contributed by atoms with van der Waals surface area (Å²) in [6, 6.07) is 6.59. The van der Waals surface area contributed by atoms with Gasteiger partial charge in [-0.15, -0.1) is 0 Å². The third kappa shape index (κ3) is 3.57. The summed E-state index contributed by atoms with van der Waals surface area (Å²) in [7, 11) is 1.77. The lowest BCUT2D eigenvalue weighted by Crippen LogP contribution is -2.36. The van der Waals surface area contributed by atoms with Crippen LogP contribution in [0.4, 0.5) is 0 Å². The first-order valence-corrected chi connectivity index (χ1v) is 6.73. The Morgan fingerprint density at radius 1 is 1.35 bits per heavy atom. The molecule has 1 aliphatic heterocycles. The minimum Gasteiger partial charge on any atom is -0.478 e. The van der Waals surface area contributed by atoms with E-state index in [1.54, 1.807) is 36.2 Å². The topological polar surface area (TPSA) is 66.8 Å². The minimum absolute atomic E-state index is 0.0490. The molecular weight excluding hydrogens is 258 g/mol. The zero-order valence-corrected chi connectivity index (χ0v) is 11.5. The molecule has 1 amide bonds. The van der Waals surface area contributed by atoms with Gasteiger partial charge in [-0.25, -0.2) is 4.79 Å². The molecule has 1 aromatic rings. The molecule has 0 spiro atoms. The predicted molar refractivity (Wildman–Crippen MR) is 73.4 cm³/mol. The molecule has 0 radical (unpaired) electrons. The van der Waals surface area contributed by atoms with Crippen LogP contribution in [0.15, 0.2) is 24.3 Å². The van der Waals surface area contributed by atoms with Gasteiger partial charge in [-0.1, -0.05) is 12.1 Å². The van der Waals surface area contributed by atoms with Crippen LogP contribution in [0.25, 0.3) is 0 Å². The van der Waals surface area contributed by atoms with Crippen molar-refractivity contribution in [2.24, 2.45) is 5.92 Å². The summed E-state index contributed by atoms with van der Waals surface area (Å²) in [6.45, 7) is 1.72. The number of carboxylic acid groups (broad SMARTS) is 1. The minimum atomic E-state index is -0.944. The first kappa shape index (κ1) is 14.5. The Hall–Kier alpha value is -1.88. The standard InChI is InChI=1S/C15H19NO4/c1-16(14(17)13-3-2-8-20-10-13)9-11-4-6-12(7-5-11)15(18)19/h4-7,13H,2-3,8-10H2,1H3,(H,18,19)/t13-/m0/s1. The zero-order valence-electron chi connectivity index (χ0n) is 11.5. The van der Waals surface area contributed by atoms with E-state index in [1.165, 1.54) is 0 Å². The second-order valence-corrected chi connectivity index (χ2v) is 5.11. The number of amides is 1. The number of hydrogen-bond donors (Lipinski definition) is 1. The van der Waals surface area contributed by atoms with Gasteiger partial charge in [-0.3, -0.25) is 4.79 Å². The molecule has 1 fully saturated rings. The van der Waals surface area contributed by atoms with Gasteiger partial charge < -0.3 is 14.7 Å². The molecule has 0 bridgehead atoms. The predicted octanol–water partition coefficient (Wildman–Crippen LogP) is 1.77. The summed E-state index contributed by atoms with van der Waals surface area (Å²) >= 11 is 0. The maximum atomic E-state index is 12.2. The van der Waals surface area contributed by atoms with Crippen molar-refractivity contribution in [3.8, 4) is 0 Å². The number of carbonyl (C=O) groups excluding carboxylic acids is 1. The molecule has 1 aliphatic rings. The molecule has 108 valence electrons. The van der Waals surface area contributed by atoms with E-state index in [0.29, 0.717) is 13.2 Å². The molecule has 0 aliphatic carbocycles. The van der Waals surface area contributed by atoms with Crippen molar-refractivity contribution in [3.63, 3.8) is 0 Å². The van der Waals surface area contributed by atoms with Crippen LogP contribution in [-0.4, -0.2) is 42.1 Å². The fourth-order valence-electron chi connectivity index (χ4n) is 2.35.